The molecule has 6 heteroatoms. The Morgan fingerprint density at radius 1 is 1.19 bits per heavy atom. The second-order valence-electron chi connectivity index (χ2n) is 6.41. The van der Waals surface area contributed by atoms with Gasteiger partial charge in [0.1, 0.15) is 5.69 Å². The molecule has 136 valence electrons. The molecule has 1 heterocycles. The molecule has 0 saturated heterocycles. The predicted octanol–water partition coefficient (Wildman–Crippen LogP) is 3.08. The number of para-hydroxylation sites is 1. The van der Waals surface area contributed by atoms with Crippen molar-refractivity contribution in [1.29, 1.82) is 0 Å². The van der Waals surface area contributed by atoms with Gasteiger partial charge in [-0.3, -0.25) is 14.6 Å². The number of nitrogens with zero attached hydrogens (tertiary/aromatic N) is 2. The Balaban J connectivity index is 2.59. The van der Waals surface area contributed by atoms with Crippen LogP contribution in [0.1, 0.15) is 48.5 Å². The Kier molecular flexibility index (Phi) is 5.87. The van der Waals surface area contributed by atoms with E-state index in [0.717, 1.165) is 11.3 Å². The zero-order valence-corrected chi connectivity index (χ0v) is 15.8. The van der Waals surface area contributed by atoms with E-state index in [1.54, 1.807) is 25.2 Å². The number of aromatic nitrogens is 1. The van der Waals surface area contributed by atoms with E-state index in [-0.39, 0.29) is 17.5 Å². The van der Waals surface area contributed by atoms with E-state index in [0.29, 0.717) is 22.2 Å². The second kappa shape index (κ2) is 7.91. The van der Waals surface area contributed by atoms with Crippen molar-refractivity contribution in [3.63, 3.8) is 0 Å². The fourth-order valence-corrected chi connectivity index (χ4v) is 2.55. The van der Waals surface area contributed by atoms with Gasteiger partial charge in [0.25, 0.3) is 11.8 Å². The van der Waals surface area contributed by atoms with Crippen LogP contribution in [0.2, 0.25) is 0 Å². The van der Waals surface area contributed by atoms with Crippen molar-refractivity contribution in [2.24, 2.45) is 16.6 Å². The highest BCUT2D eigenvalue weighted by Gasteiger charge is 2.18. The molecule has 0 spiro atoms. The molecular weight excluding hydrogens is 328 g/mol. The number of primary amides is 1. The molecular formula is C20H24N4O2. The van der Waals surface area contributed by atoms with Crippen molar-refractivity contribution in [2.45, 2.75) is 27.7 Å². The van der Waals surface area contributed by atoms with Crippen LogP contribution in [0.3, 0.4) is 0 Å². The van der Waals surface area contributed by atoms with Crippen molar-refractivity contribution in [3.05, 3.63) is 52.9 Å². The summed E-state index contributed by atoms with van der Waals surface area (Å²) in [7, 11) is 1.68. The van der Waals surface area contributed by atoms with Crippen molar-refractivity contribution in [1.82, 2.24) is 10.3 Å². The number of hydrogen-bond donors (Lipinski definition) is 2. The van der Waals surface area contributed by atoms with Gasteiger partial charge in [0.2, 0.25) is 0 Å². The molecule has 0 saturated carbocycles. The Bertz CT molecular complexity index is 927. The van der Waals surface area contributed by atoms with E-state index in [4.69, 9.17) is 5.73 Å². The summed E-state index contributed by atoms with van der Waals surface area (Å²) >= 11 is 0. The Morgan fingerprint density at radius 2 is 1.85 bits per heavy atom. The van der Waals surface area contributed by atoms with E-state index in [1.165, 1.54) is 6.07 Å². The minimum Gasteiger partial charge on any atom is -0.364 e. The largest absolute Gasteiger partial charge is 0.364 e. The first-order valence-electron chi connectivity index (χ1n) is 8.41. The first kappa shape index (κ1) is 19.3. The number of fused-ring (bicyclic) bond motifs is 1. The summed E-state index contributed by atoms with van der Waals surface area (Å²) < 4.78 is 0. The highest BCUT2D eigenvalue weighted by atomic mass is 16.2. The van der Waals surface area contributed by atoms with E-state index in [9.17, 15) is 9.59 Å². The highest BCUT2D eigenvalue weighted by molar-refractivity contribution is 6.12. The lowest BCUT2D eigenvalue weighted by Crippen LogP contribution is -2.29. The van der Waals surface area contributed by atoms with E-state index in [1.807, 2.05) is 19.9 Å². The molecule has 26 heavy (non-hydrogen) atoms. The third-order valence-electron chi connectivity index (χ3n) is 4.41. The van der Waals surface area contributed by atoms with Gasteiger partial charge in [-0.25, -0.2) is 4.98 Å². The van der Waals surface area contributed by atoms with Crippen LogP contribution in [0, 0.1) is 5.92 Å². The first-order chi connectivity index (χ1) is 12.3. The molecule has 6 nitrogen and oxygen atoms in total. The summed E-state index contributed by atoms with van der Waals surface area (Å²) in [6, 6.07) is 8.58. The zero-order chi connectivity index (χ0) is 19.4. The van der Waals surface area contributed by atoms with Gasteiger partial charge in [-0.2, -0.15) is 0 Å². The van der Waals surface area contributed by atoms with Crippen LogP contribution in [0.4, 0.5) is 0 Å². The number of aliphatic imine (C=N–C) groups is 1. The standard InChI is InChI=1S/C20H24N4O2/c1-11(2)12(3)18(13(4)22-5)24-20(26)15-10-17(19(21)25)23-16-9-7-6-8-14(15)16/h6-11H,1-5H3,(H2,21,25)(H,24,26)/b18-12+,22-13?. The van der Waals surface area contributed by atoms with Crippen molar-refractivity contribution >= 4 is 28.4 Å². The number of carbonyl (C=O) groups is 2. The molecule has 0 fully saturated rings. The molecule has 1 aromatic carbocycles. The number of rotatable bonds is 5. The highest BCUT2D eigenvalue weighted by Crippen LogP contribution is 2.20. The van der Waals surface area contributed by atoms with Crippen molar-refractivity contribution < 1.29 is 9.59 Å². The summed E-state index contributed by atoms with van der Waals surface area (Å²) in [5.74, 6) is -0.758. The molecule has 2 amide bonds. The average Bonchev–Trinajstić information content (AvgIpc) is 2.63. The van der Waals surface area contributed by atoms with Crippen LogP contribution in [0.15, 0.2) is 46.6 Å². The number of nitrogens with two attached hydrogens (primary N) is 1. The predicted molar refractivity (Wildman–Crippen MR) is 104 cm³/mol. The number of carbonyl (C=O) groups excluding carboxylic acids is 2. The lowest BCUT2D eigenvalue weighted by Gasteiger charge is -2.17. The van der Waals surface area contributed by atoms with Gasteiger partial charge in [-0.1, -0.05) is 32.0 Å². The zero-order valence-electron chi connectivity index (χ0n) is 15.8. The van der Waals surface area contributed by atoms with Gasteiger partial charge in [0.05, 0.1) is 22.5 Å². The maximum atomic E-state index is 13.0. The molecule has 0 aliphatic carbocycles. The van der Waals surface area contributed by atoms with Crippen LogP contribution in [0.5, 0.6) is 0 Å². The summed E-state index contributed by atoms with van der Waals surface area (Å²) in [4.78, 5) is 33.0. The Morgan fingerprint density at radius 3 is 2.42 bits per heavy atom. The molecule has 0 unspecified atom stereocenters. The van der Waals surface area contributed by atoms with E-state index < -0.39 is 5.91 Å². The monoisotopic (exact) mass is 352 g/mol. The fourth-order valence-electron chi connectivity index (χ4n) is 2.55. The normalized spacial score (nSPS) is 12.9. The van der Waals surface area contributed by atoms with Crippen LogP contribution in [-0.4, -0.2) is 29.6 Å². The number of hydrogen-bond acceptors (Lipinski definition) is 4. The van der Waals surface area contributed by atoms with Gasteiger partial charge >= 0.3 is 0 Å². The van der Waals surface area contributed by atoms with Gasteiger partial charge < -0.3 is 11.1 Å². The summed E-state index contributed by atoms with van der Waals surface area (Å²) in [6.45, 7) is 7.92. The molecule has 0 aliphatic rings. The van der Waals surface area contributed by atoms with Crippen LogP contribution >= 0.6 is 0 Å². The van der Waals surface area contributed by atoms with Gasteiger partial charge in [-0.15, -0.1) is 0 Å². The number of nitrogens with one attached hydrogen (secondary N) is 1. The maximum Gasteiger partial charge on any atom is 0.267 e. The van der Waals surface area contributed by atoms with Crippen LogP contribution in [0.25, 0.3) is 10.9 Å². The van der Waals surface area contributed by atoms with Gasteiger partial charge in [0, 0.05) is 12.4 Å². The third-order valence-corrected chi connectivity index (χ3v) is 4.41. The molecule has 0 bridgehead atoms. The minimum atomic E-state index is -0.676. The Hall–Kier alpha value is -3.02. The first-order valence-corrected chi connectivity index (χ1v) is 8.41. The van der Waals surface area contributed by atoms with Crippen LogP contribution in [-0.2, 0) is 0 Å². The average molecular weight is 352 g/mol. The lowest BCUT2D eigenvalue weighted by molar-refractivity contribution is 0.0969. The Labute approximate surface area is 153 Å². The lowest BCUT2D eigenvalue weighted by atomic mass is 10.00. The molecule has 0 atom stereocenters. The molecule has 0 radical (unpaired) electrons. The van der Waals surface area contributed by atoms with Crippen molar-refractivity contribution in [2.75, 3.05) is 7.05 Å². The quantitative estimate of drug-likeness (QED) is 0.809. The van der Waals surface area contributed by atoms with Crippen LogP contribution < -0.4 is 11.1 Å². The molecule has 2 rings (SSSR count). The minimum absolute atomic E-state index is 0.0563. The van der Waals surface area contributed by atoms with E-state index >= 15 is 0 Å². The van der Waals surface area contributed by atoms with E-state index in [2.05, 4.69) is 29.1 Å². The SMILES string of the molecule is CN=C(C)/C(NC(=O)c1cc(C(N)=O)nc2ccccc12)=C(/C)C(C)C. The van der Waals surface area contributed by atoms with Crippen molar-refractivity contribution in [3.8, 4) is 0 Å². The summed E-state index contributed by atoms with van der Waals surface area (Å²) in [6.07, 6.45) is 0. The summed E-state index contributed by atoms with van der Waals surface area (Å²) in [5, 5.41) is 3.61. The molecule has 2 aromatic rings. The number of amides is 2. The smallest absolute Gasteiger partial charge is 0.267 e. The molecule has 0 aliphatic heterocycles. The number of benzene rings is 1. The third kappa shape index (κ3) is 3.96. The molecule has 1 aromatic heterocycles. The summed E-state index contributed by atoms with van der Waals surface area (Å²) in [5.41, 5.74) is 8.77. The maximum absolute atomic E-state index is 13.0. The number of allylic oxidation sites excluding steroid dienone is 2. The second-order valence-corrected chi connectivity index (χ2v) is 6.41. The van der Waals surface area contributed by atoms with Gasteiger partial charge in [0.15, 0.2) is 0 Å². The molecule has 3 N–H and O–H groups in total. The number of pyridine rings is 1. The van der Waals surface area contributed by atoms with Gasteiger partial charge in [-0.05, 0) is 37.5 Å². The fraction of sp³-hybridized carbons (Fsp3) is 0.300. The topological polar surface area (TPSA) is 97.4 Å².